The summed E-state index contributed by atoms with van der Waals surface area (Å²) >= 11 is 0. The highest BCUT2D eigenvalue weighted by Crippen LogP contribution is 2.34. The zero-order chi connectivity index (χ0) is 12.4. The average molecular weight is 231 g/mol. The molecule has 1 aliphatic heterocycles. The summed E-state index contributed by atoms with van der Waals surface area (Å²) in [6, 6.07) is 10.0. The highest BCUT2D eigenvalue weighted by atomic mass is 16.2. The zero-order valence-electron chi connectivity index (χ0n) is 10.1. The lowest BCUT2D eigenvalue weighted by atomic mass is 9.75. The van der Waals surface area contributed by atoms with Gasteiger partial charge in [-0.15, -0.1) is 0 Å². The van der Waals surface area contributed by atoms with Crippen molar-refractivity contribution in [1.29, 1.82) is 0 Å². The predicted molar refractivity (Wildman–Crippen MR) is 65.3 cm³/mol. The van der Waals surface area contributed by atoms with Crippen LogP contribution in [0.15, 0.2) is 30.3 Å². The van der Waals surface area contributed by atoms with E-state index in [1.165, 1.54) is 5.56 Å². The maximum atomic E-state index is 11.6. The van der Waals surface area contributed by atoms with Gasteiger partial charge in [-0.3, -0.25) is 14.9 Å². The molecule has 17 heavy (non-hydrogen) atoms. The fraction of sp³-hybridized carbons (Fsp3) is 0.429. The van der Waals surface area contributed by atoms with E-state index in [-0.39, 0.29) is 29.6 Å². The Bertz CT molecular complexity index is 427. The first kappa shape index (κ1) is 11.8. The van der Waals surface area contributed by atoms with Crippen LogP contribution in [-0.4, -0.2) is 11.8 Å². The maximum Gasteiger partial charge on any atom is 0.229 e. The van der Waals surface area contributed by atoms with Crippen molar-refractivity contribution in [3.8, 4) is 0 Å². The number of carbonyl (C=O) groups excluding carboxylic acids is 2. The van der Waals surface area contributed by atoms with Crippen LogP contribution in [0, 0.1) is 11.8 Å². The van der Waals surface area contributed by atoms with E-state index in [2.05, 4.69) is 12.2 Å². The Balaban J connectivity index is 2.21. The number of hydrogen-bond acceptors (Lipinski definition) is 2. The van der Waals surface area contributed by atoms with Gasteiger partial charge in [-0.05, 0) is 17.4 Å². The maximum absolute atomic E-state index is 11.6. The van der Waals surface area contributed by atoms with Crippen molar-refractivity contribution in [2.24, 2.45) is 11.8 Å². The zero-order valence-corrected chi connectivity index (χ0v) is 10.1. The van der Waals surface area contributed by atoms with Gasteiger partial charge in [0.15, 0.2) is 0 Å². The molecule has 0 radical (unpaired) electrons. The van der Waals surface area contributed by atoms with Crippen molar-refractivity contribution < 1.29 is 9.59 Å². The van der Waals surface area contributed by atoms with Gasteiger partial charge in [0, 0.05) is 12.3 Å². The number of carbonyl (C=O) groups is 2. The summed E-state index contributed by atoms with van der Waals surface area (Å²) in [7, 11) is 0. The Morgan fingerprint density at radius 3 is 2.53 bits per heavy atom. The van der Waals surface area contributed by atoms with E-state index in [9.17, 15) is 9.59 Å². The van der Waals surface area contributed by atoms with Crippen molar-refractivity contribution in [3.05, 3.63) is 35.9 Å². The number of nitrogens with one attached hydrogen (secondary N) is 1. The molecular formula is C14H17NO2. The molecule has 0 aliphatic carbocycles. The lowest BCUT2D eigenvalue weighted by Crippen LogP contribution is -2.45. The van der Waals surface area contributed by atoms with Crippen molar-refractivity contribution in [2.45, 2.75) is 26.2 Å². The topological polar surface area (TPSA) is 46.2 Å². The molecule has 3 unspecified atom stereocenters. The fourth-order valence-electron chi connectivity index (χ4n) is 2.50. The molecule has 0 spiro atoms. The van der Waals surface area contributed by atoms with Gasteiger partial charge in [0.25, 0.3) is 0 Å². The quantitative estimate of drug-likeness (QED) is 0.792. The first-order valence-corrected chi connectivity index (χ1v) is 5.98. The van der Waals surface area contributed by atoms with E-state index in [0.717, 1.165) is 0 Å². The predicted octanol–water partition coefficient (Wildman–Crippen LogP) is 2.09. The summed E-state index contributed by atoms with van der Waals surface area (Å²) in [5.74, 6) is -0.0855. The van der Waals surface area contributed by atoms with Gasteiger partial charge < -0.3 is 0 Å². The normalized spacial score (nSPS) is 26.5. The Kier molecular flexibility index (Phi) is 3.27. The molecular weight excluding hydrogens is 214 g/mol. The second-order valence-corrected chi connectivity index (χ2v) is 4.77. The molecule has 1 fully saturated rings. The van der Waals surface area contributed by atoms with Gasteiger partial charge >= 0.3 is 0 Å². The molecule has 1 N–H and O–H groups in total. The van der Waals surface area contributed by atoms with E-state index in [1.807, 2.05) is 37.3 Å². The molecule has 90 valence electrons. The lowest BCUT2D eigenvalue weighted by molar-refractivity contribution is -0.138. The summed E-state index contributed by atoms with van der Waals surface area (Å²) < 4.78 is 0. The van der Waals surface area contributed by atoms with Crippen LogP contribution >= 0.6 is 0 Å². The first-order chi connectivity index (χ1) is 8.09. The third-order valence-corrected chi connectivity index (χ3v) is 3.71. The SMILES string of the molecule is CC1C(=O)NC(=O)CC1C(C)c1ccccc1. The van der Waals surface area contributed by atoms with Crippen LogP contribution in [0.2, 0.25) is 0 Å². The Hall–Kier alpha value is -1.64. The smallest absolute Gasteiger partial charge is 0.229 e. The fourth-order valence-corrected chi connectivity index (χ4v) is 2.50. The van der Waals surface area contributed by atoms with Crippen molar-refractivity contribution in [1.82, 2.24) is 5.32 Å². The molecule has 0 bridgehead atoms. The molecule has 1 heterocycles. The second-order valence-electron chi connectivity index (χ2n) is 4.77. The van der Waals surface area contributed by atoms with Gasteiger partial charge in [0.2, 0.25) is 11.8 Å². The van der Waals surface area contributed by atoms with E-state index in [1.54, 1.807) is 0 Å². The van der Waals surface area contributed by atoms with E-state index < -0.39 is 0 Å². The molecule has 1 aliphatic rings. The number of piperidine rings is 1. The molecule has 0 saturated carbocycles. The molecule has 2 amide bonds. The average Bonchev–Trinajstić information content (AvgIpc) is 2.34. The minimum atomic E-state index is -0.152. The summed E-state index contributed by atoms with van der Waals surface area (Å²) in [6.45, 7) is 3.98. The molecule has 1 aromatic carbocycles. The monoisotopic (exact) mass is 231 g/mol. The van der Waals surface area contributed by atoms with E-state index in [0.29, 0.717) is 6.42 Å². The molecule has 1 aromatic rings. The summed E-state index contributed by atoms with van der Waals surface area (Å²) in [5, 5.41) is 2.39. The molecule has 2 rings (SSSR count). The number of amides is 2. The molecule has 3 heteroatoms. The highest BCUT2D eigenvalue weighted by Gasteiger charge is 2.36. The van der Waals surface area contributed by atoms with Gasteiger partial charge in [0.1, 0.15) is 0 Å². The third kappa shape index (κ3) is 2.38. The van der Waals surface area contributed by atoms with Crippen LogP contribution in [0.25, 0.3) is 0 Å². The van der Waals surface area contributed by atoms with Crippen LogP contribution in [0.5, 0.6) is 0 Å². The van der Waals surface area contributed by atoms with Crippen LogP contribution in [0.3, 0.4) is 0 Å². The van der Waals surface area contributed by atoms with Crippen LogP contribution in [0.1, 0.15) is 31.7 Å². The summed E-state index contributed by atoms with van der Waals surface area (Å²) in [5.41, 5.74) is 1.19. The standard InChI is InChI=1S/C14H17NO2/c1-9(11-6-4-3-5-7-11)12-8-13(16)15-14(17)10(12)2/h3-7,9-10,12H,8H2,1-2H3,(H,15,16,17). The Labute approximate surface area is 101 Å². The van der Waals surface area contributed by atoms with Gasteiger partial charge in [-0.2, -0.15) is 0 Å². The second kappa shape index (κ2) is 4.70. The highest BCUT2D eigenvalue weighted by molar-refractivity contribution is 5.99. The lowest BCUT2D eigenvalue weighted by Gasteiger charge is -2.32. The third-order valence-electron chi connectivity index (χ3n) is 3.71. The number of benzene rings is 1. The summed E-state index contributed by atoms with van der Waals surface area (Å²) in [6.07, 6.45) is 0.433. The van der Waals surface area contributed by atoms with Crippen LogP contribution in [0.4, 0.5) is 0 Å². The van der Waals surface area contributed by atoms with Crippen LogP contribution < -0.4 is 5.32 Å². The van der Waals surface area contributed by atoms with Gasteiger partial charge in [-0.1, -0.05) is 44.2 Å². The molecule has 3 atom stereocenters. The number of hydrogen-bond donors (Lipinski definition) is 1. The van der Waals surface area contributed by atoms with Crippen molar-refractivity contribution >= 4 is 11.8 Å². The summed E-state index contributed by atoms with van der Waals surface area (Å²) in [4.78, 5) is 23.1. The number of rotatable bonds is 2. The minimum absolute atomic E-state index is 0.0960. The first-order valence-electron chi connectivity index (χ1n) is 5.98. The van der Waals surface area contributed by atoms with Gasteiger partial charge in [0.05, 0.1) is 0 Å². The van der Waals surface area contributed by atoms with Crippen molar-refractivity contribution in [3.63, 3.8) is 0 Å². The molecule has 0 aromatic heterocycles. The van der Waals surface area contributed by atoms with Crippen molar-refractivity contribution in [2.75, 3.05) is 0 Å². The Morgan fingerprint density at radius 1 is 1.24 bits per heavy atom. The minimum Gasteiger partial charge on any atom is -0.296 e. The van der Waals surface area contributed by atoms with Gasteiger partial charge in [-0.25, -0.2) is 0 Å². The van der Waals surface area contributed by atoms with E-state index in [4.69, 9.17) is 0 Å². The molecule has 3 nitrogen and oxygen atoms in total. The number of imide groups is 1. The largest absolute Gasteiger partial charge is 0.296 e. The molecule has 1 saturated heterocycles. The van der Waals surface area contributed by atoms with E-state index >= 15 is 0 Å². The Morgan fingerprint density at radius 2 is 1.88 bits per heavy atom. The van der Waals surface area contributed by atoms with Crippen LogP contribution in [-0.2, 0) is 9.59 Å².